The van der Waals surface area contributed by atoms with Gasteiger partial charge in [0.1, 0.15) is 17.9 Å². The fourth-order valence-corrected chi connectivity index (χ4v) is 1.94. The number of nitrogens with one attached hydrogen (secondary N) is 2. The van der Waals surface area contributed by atoms with Crippen LogP contribution in [-0.2, 0) is 0 Å². The van der Waals surface area contributed by atoms with Crippen molar-refractivity contribution < 1.29 is 4.74 Å². The normalized spacial score (nSPS) is 12.3. The SMILES string of the molecule is CCCNC(c1ccc(OCC)cc1)c1ncn[nH]1. The zero-order chi connectivity index (χ0) is 13.5. The van der Waals surface area contributed by atoms with Crippen LogP contribution in [0, 0.1) is 0 Å². The van der Waals surface area contributed by atoms with E-state index in [9.17, 15) is 0 Å². The van der Waals surface area contributed by atoms with Gasteiger partial charge in [-0.25, -0.2) is 4.98 Å². The van der Waals surface area contributed by atoms with Gasteiger partial charge in [-0.05, 0) is 37.6 Å². The van der Waals surface area contributed by atoms with E-state index in [4.69, 9.17) is 4.74 Å². The van der Waals surface area contributed by atoms with Crippen molar-refractivity contribution in [2.24, 2.45) is 0 Å². The molecule has 0 aliphatic rings. The van der Waals surface area contributed by atoms with Crippen LogP contribution in [0.4, 0.5) is 0 Å². The number of aromatic amines is 1. The maximum absolute atomic E-state index is 5.46. The number of hydrogen-bond acceptors (Lipinski definition) is 4. The molecule has 0 amide bonds. The fourth-order valence-electron chi connectivity index (χ4n) is 1.94. The lowest BCUT2D eigenvalue weighted by atomic mass is 10.1. The molecule has 1 atom stereocenters. The second-order valence-electron chi connectivity index (χ2n) is 4.26. The first-order chi connectivity index (χ1) is 9.35. The maximum atomic E-state index is 5.46. The van der Waals surface area contributed by atoms with Gasteiger partial charge in [0, 0.05) is 0 Å². The van der Waals surface area contributed by atoms with Crippen molar-refractivity contribution >= 4 is 0 Å². The van der Waals surface area contributed by atoms with Gasteiger partial charge in [0.25, 0.3) is 0 Å². The van der Waals surface area contributed by atoms with Gasteiger partial charge in [-0.3, -0.25) is 5.10 Å². The summed E-state index contributed by atoms with van der Waals surface area (Å²) < 4.78 is 5.46. The Bertz CT molecular complexity index is 467. The summed E-state index contributed by atoms with van der Waals surface area (Å²) in [6.45, 7) is 5.73. The summed E-state index contributed by atoms with van der Waals surface area (Å²) in [6, 6.07) is 8.12. The minimum atomic E-state index is 0.0399. The highest BCUT2D eigenvalue weighted by Crippen LogP contribution is 2.21. The second-order valence-corrected chi connectivity index (χ2v) is 4.26. The first-order valence-corrected chi connectivity index (χ1v) is 6.66. The molecule has 1 aromatic carbocycles. The van der Waals surface area contributed by atoms with E-state index in [0.29, 0.717) is 6.61 Å². The summed E-state index contributed by atoms with van der Waals surface area (Å²) in [5.41, 5.74) is 1.15. The predicted octanol–water partition coefficient (Wildman–Crippen LogP) is 2.29. The third-order valence-corrected chi connectivity index (χ3v) is 2.83. The van der Waals surface area contributed by atoms with Crippen LogP contribution in [0.25, 0.3) is 0 Å². The number of nitrogens with zero attached hydrogens (tertiary/aromatic N) is 2. The van der Waals surface area contributed by atoms with Gasteiger partial charge >= 0.3 is 0 Å². The van der Waals surface area contributed by atoms with E-state index in [1.54, 1.807) is 0 Å². The molecule has 0 fully saturated rings. The van der Waals surface area contributed by atoms with Gasteiger partial charge < -0.3 is 10.1 Å². The number of hydrogen-bond donors (Lipinski definition) is 2. The van der Waals surface area contributed by atoms with Crippen LogP contribution in [0.3, 0.4) is 0 Å². The lowest BCUT2D eigenvalue weighted by Gasteiger charge is -2.16. The zero-order valence-electron chi connectivity index (χ0n) is 11.4. The monoisotopic (exact) mass is 260 g/mol. The summed E-state index contributed by atoms with van der Waals surface area (Å²) in [5.74, 6) is 1.72. The van der Waals surface area contributed by atoms with Crippen molar-refractivity contribution in [3.05, 3.63) is 42.0 Å². The van der Waals surface area contributed by atoms with Gasteiger partial charge in [0.05, 0.1) is 12.6 Å². The van der Waals surface area contributed by atoms with E-state index in [-0.39, 0.29) is 6.04 Å². The van der Waals surface area contributed by atoms with Crippen LogP contribution in [0.15, 0.2) is 30.6 Å². The molecular weight excluding hydrogens is 240 g/mol. The molecular formula is C14H20N4O. The Morgan fingerprint density at radius 1 is 1.26 bits per heavy atom. The predicted molar refractivity (Wildman–Crippen MR) is 74.1 cm³/mol. The molecule has 2 N–H and O–H groups in total. The quantitative estimate of drug-likeness (QED) is 0.801. The zero-order valence-corrected chi connectivity index (χ0v) is 11.4. The van der Waals surface area contributed by atoms with E-state index < -0.39 is 0 Å². The second kappa shape index (κ2) is 6.89. The Morgan fingerprint density at radius 3 is 2.63 bits per heavy atom. The van der Waals surface area contributed by atoms with Crippen molar-refractivity contribution in [1.82, 2.24) is 20.5 Å². The lowest BCUT2D eigenvalue weighted by Crippen LogP contribution is -2.24. The van der Waals surface area contributed by atoms with Crippen molar-refractivity contribution in [2.75, 3.05) is 13.2 Å². The number of rotatable bonds is 7. The van der Waals surface area contributed by atoms with Crippen molar-refractivity contribution in [3.8, 4) is 5.75 Å². The number of H-pyrrole nitrogens is 1. The third-order valence-electron chi connectivity index (χ3n) is 2.83. The number of benzene rings is 1. The van der Waals surface area contributed by atoms with Crippen LogP contribution < -0.4 is 10.1 Å². The van der Waals surface area contributed by atoms with Gasteiger partial charge in [-0.15, -0.1) is 0 Å². The maximum Gasteiger partial charge on any atom is 0.145 e. The highest BCUT2D eigenvalue weighted by molar-refractivity contribution is 5.31. The van der Waals surface area contributed by atoms with Crippen LogP contribution >= 0.6 is 0 Å². The highest BCUT2D eigenvalue weighted by atomic mass is 16.5. The molecule has 5 nitrogen and oxygen atoms in total. The van der Waals surface area contributed by atoms with E-state index in [1.165, 1.54) is 6.33 Å². The van der Waals surface area contributed by atoms with Crippen LogP contribution in [0.5, 0.6) is 5.75 Å². The van der Waals surface area contributed by atoms with Gasteiger partial charge in [-0.1, -0.05) is 19.1 Å². The topological polar surface area (TPSA) is 62.8 Å². The summed E-state index contributed by atoms with van der Waals surface area (Å²) >= 11 is 0. The molecule has 1 unspecified atom stereocenters. The molecule has 1 aromatic heterocycles. The number of aromatic nitrogens is 3. The van der Waals surface area contributed by atoms with Gasteiger partial charge in [-0.2, -0.15) is 5.10 Å². The third kappa shape index (κ3) is 3.54. The van der Waals surface area contributed by atoms with Gasteiger partial charge in [0.15, 0.2) is 0 Å². The van der Waals surface area contributed by atoms with Crippen molar-refractivity contribution in [1.29, 1.82) is 0 Å². The van der Waals surface area contributed by atoms with Crippen LogP contribution in [0.2, 0.25) is 0 Å². The molecule has 0 spiro atoms. The molecule has 0 saturated heterocycles. The molecule has 0 saturated carbocycles. The van der Waals surface area contributed by atoms with Crippen molar-refractivity contribution in [3.63, 3.8) is 0 Å². The Labute approximate surface area is 113 Å². The summed E-state index contributed by atoms with van der Waals surface area (Å²) in [4.78, 5) is 4.24. The minimum Gasteiger partial charge on any atom is -0.494 e. The Morgan fingerprint density at radius 2 is 2.05 bits per heavy atom. The highest BCUT2D eigenvalue weighted by Gasteiger charge is 2.15. The average molecular weight is 260 g/mol. The molecule has 102 valence electrons. The largest absolute Gasteiger partial charge is 0.494 e. The average Bonchev–Trinajstić information content (AvgIpc) is 2.95. The van der Waals surface area contributed by atoms with E-state index in [2.05, 4.69) is 39.6 Å². The molecule has 2 rings (SSSR count). The standard InChI is InChI=1S/C14H20N4O/c1-3-9-15-13(14-16-10-17-18-14)11-5-7-12(8-6-11)19-4-2/h5-8,10,13,15H,3-4,9H2,1-2H3,(H,16,17,18). The molecule has 5 heteroatoms. The molecule has 0 bridgehead atoms. The Kier molecular flexibility index (Phi) is 4.92. The van der Waals surface area contributed by atoms with E-state index in [0.717, 1.165) is 30.1 Å². The first kappa shape index (κ1) is 13.5. The molecule has 0 radical (unpaired) electrons. The molecule has 0 aliphatic carbocycles. The Balaban J connectivity index is 2.17. The van der Waals surface area contributed by atoms with Crippen molar-refractivity contribution in [2.45, 2.75) is 26.3 Å². The summed E-state index contributed by atoms with van der Waals surface area (Å²) in [5, 5.41) is 10.3. The number of ether oxygens (including phenoxy) is 1. The smallest absolute Gasteiger partial charge is 0.145 e. The first-order valence-electron chi connectivity index (χ1n) is 6.66. The summed E-state index contributed by atoms with van der Waals surface area (Å²) in [6.07, 6.45) is 2.60. The minimum absolute atomic E-state index is 0.0399. The van der Waals surface area contributed by atoms with Crippen LogP contribution in [-0.4, -0.2) is 28.3 Å². The van der Waals surface area contributed by atoms with E-state index >= 15 is 0 Å². The van der Waals surface area contributed by atoms with E-state index in [1.807, 2.05) is 19.1 Å². The lowest BCUT2D eigenvalue weighted by molar-refractivity contribution is 0.340. The van der Waals surface area contributed by atoms with Crippen LogP contribution in [0.1, 0.15) is 37.7 Å². The molecule has 1 heterocycles. The summed E-state index contributed by atoms with van der Waals surface area (Å²) in [7, 11) is 0. The molecule has 0 aliphatic heterocycles. The fraction of sp³-hybridized carbons (Fsp3) is 0.429. The van der Waals surface area contributed by atoms with Gasteiger partial charge in [0.2, 0.25) is 0 Å². The molecule has 19 heavy (non-hydrogen) atoms. The Hall–Kier alpha value is -1.88. The molecule has 2 aromatic rings.